The Morgan fingerprint density at radius 1 is 1.45 bits per heavy atom. The predicted molar refractivity (Wildman–Crippen MR) is 86.0 cm³/mol. The standard InChI is InChI=1S/C15H17BrFN3O2/c1-20(2)7-11-10-5-9(16)6-12(13(10)14(21)19-18-11)22-8-15(17)3-4-15/h5-6H,3-4,7-8H2,1-2H3,(H,19,21). The lowest BCUT2D eigenvalue weighted by Crippen LogP contribution is -2.19. The van der Waals surface area contributed by atoms with Crippen LogP contribution in [-0.2, 0) is 6.54 Å². The summed E-state index contributed by atoms with van der Waals surface area (Å²) < 4.78 is 20.2. The van der Waals surface area contributed by atoms with Gasteiger partial charge in [0.1, 0.15) is 18.0 Å². The molecule has 2 aromatic rings. The number of hydrogen-bond donors (Lipinski definition) is 1. The van der Waals surface area contributed by atoms with Crippen LogP contribution in [0, 0.1) is 0 Å². The molecule has 0 amide bonds. The van der Waals surface area contributed by atoms with Gasteiger partial charge in [-0.15, -0.1) is 0 Å². The minimum Gasteiger partial charge on any atom is -0.489 e. The molecule has 1 aromatic carbocycles. The van der Waals surface area contributed by atoms with Crippen LogP contribution in [0.1, 0.15) is 18.5 Å². The lowest BCUT2D eigenvalue weighted by atomic mass is 10.1. The summed E-state index contributed by atoms with van der Waals surface area (Å²) in [5, 5.41) is 7.75. The molecule has 5 nitrogen and oxygen atoms in total. The van der Waals surface area contributed by atoms with Gasteiger partial charge in [0, 0.05) is 16.4 Å². The van der Waals surface area contributed by atoms with Crippen molar-refractivity contribution in [1.29, 1.82) is 0 Å². The first-order valence-corrected chi connectivity index (χ1v) is 7.84. The van der Waals surface area contributed by atoms with Crippen LogP contribution in [0.5, 0.6) is 5.75 Å². The zero-order valence-corrected chi connectivity index (χ0v) is 14.0. The van der Waals surface area contributed by atoms with Gasteiger partial charge in [0.2, 0.25) is 0 Å². The van der Waals surface area contributed by atoms with Crippen LogP contribution in [0.2, 0.25) is 0 Å². The van der Waals surface area contributed by atoms with Gasteiger partial charge in [-0.25, -0.2) is 9.49 Å². The number of aromatic nitrogens is 2. The van der Waals surface area contributed by atoms with Crippen LogP contribution in [0.4, 0.5) is 4.39 Å². The molecule has 1 aromatic heterocycles. The number of aromatic amines is 1. The smallest absolute Gasteiger partial charge is 0.275 e. The molecule has 0 atom stereocenters. The van der Waals surface area contributed by atoms with E-state index in [0.717, 1.165) is 10.2 Å². The van der Waals surface area contributed by atoms with Crippen LogP contribution in [0.25, 0.3) is 10.8 Å². The summed E-state index contributed by atoms with van der Waals surface area (Å²) >= 11 is 3.42. The molecule has 118 valence electrons. The van der Waals surface area contributed by atoms with E-state index in [1.54, 1.807) is 6.07 Å². The Labute approximate surface area is 135 Å². The maximum absolute atomic E-state index is 13.8. The number of nitrogens with zero attached hydrogens (tertiary/aromatic N) is 2. The minimum absolute atomic E-state index is 0.0245. The van der Waals surface area contributed by atoms with Crippen molar-refractivity contribution in [2.75, 3.05) is 20.7 Å². The number of nitrogens with one attached hydrogen (secondary N) is 1. The van der Waals surface area contributed by atoms with Crippen molar-refractivity contribution in [3.05, 3.63) is 32.7 Å². The Bertz CT molecular complexity index is 771. The van der Waals surface area contributed by atoms with E-state index in [-0.39, 0.29) is 12.2 Å². The molecule has 0 bridgehead atoms. The molecule has 7 heteroatoms. The van der Waals surface area contributed by atoms with E-state index in [4.69, 9.17) is 4.74 Å². The zero-order chi connectivity index (χ0) is 15.9. The van der Waals surface area contributed by atoms with Crippen molar-refractivity contribution in [3.8, 4) is 5.75 Å². The highest BCUT2D eigenvalue weighted by atomic mass is 79.9. The number of fused-ring (bicyclic) bond motifs is 1. The Morgan fingerprint density at radius 3 is 2.82 bits per heavy atom. The third-order valence-electron chi connectivity index (χ3n) is 3.64. The fourth-order valence-electron chi connectivity index (χ4n) is 2.30. The molecule has 1 aliphatic carbocycles. The van der Waals surface area contributed by atoms with Crippen molar-refractivity contribution in [2.24, 2.45) is 0 Å². The Hall–Kier alpha value is -1.47. The average molecular weight is 370 g/mol. The number of H-pyrrole nitrogens is 1. The van der Waals surface area contributed by atoms with Crippen LogP contribution in [-0.4, -0.2) is 41.5 Å². The summed E-state index contributed by atoms with van der Waals surface area (Å²) in [6, 6.07) is 3.54. The van der Waals surface area contributed by atoms with Gasteiger partial charge in [-0.05, 0) is 39.1 Å². The quantitative estimate of drug-likeness (QED) is 0.879. The normalized spacial score (nSPS) is 16.2. The number of benzene rings is 1. The molecule has 3 rings (SSSR count). The monoisotopic (exact) mass is 369 g/mol. The second-order valence-electron chi connectivity index (χ2n) is 6.00. The van der Waals surface area contributed by atoms with Crippen molar-refractivity contribution < 1.29 is 9.13 Å². The van der Waals surface area contributed by atoms with Crippen molar-refractivity contribution >= 4 is 26.7 Å². The number of halogens is 2. The molecule has 22 heavy (non-hydrogen) atoms. The topological polar surface area (TPSA) is 58.2 Å². The van der Waals surface area contributed by atoms with Gasteiger partial charge in [-0.1, -0.05) is 15.9 Å². The summed E-state index contributed by atoms with van der Waals surface area (Å²) in [5.41, 5.74) is -0.822. The van der Waals surface area contributed by atoms with E-state index in [2.05, 4.69) is 26.1 Å². The summed E-state index contributed by atoms with van der Waals surface area (Å²) in [5.74, 6) is 0.386. The number of alkyl halides is 1. The molecular formula is C15H17BrFN3O2. The summed E-state index contributed by atoms with van der Waals surface area (Å²) in [6.45, 7) is 0.555. The molecule has 1 saturated carbocycles. The molecule has 1 fully saturated rings. The lowest BCUT2D eigenvalue weighted by Gasteiger charge is -2.14. The van der Waals surface area contributed by atoms with Crippen LogP contribution >= 0.6 is 15.9 Å². The first-order valence-electron chi connectivity index (χ1n) is 7.05. The number of ether oxygens (including phenoxy) is 1. The molecule has 1 N–H and O–H groups in total. The van der Waals surface area contributed by atoms with Gasteiger partial charge in [-0.3, -0.25) is 4.79 Å². The largest absolute Gasteiger partial charge is 0.489 e. The second-order valence-corrected chi connectivity index (χ2v) is 6.92. The maximum atomic E-state index is 13.8. The van der Waals surface area contributed by atoms with E-state index < -0.39 is 5.67 Å². The third kappa shape index (κ3) is 3.15. The third-order valence-corrected chi connectivity index (χ3v) is 4.10. The number of rotatable bonds is 5. The van der Waals surface area contributed by atoms with Gasteiger partial charge < -0.3 is 9.64 Å². The highest BCUT2D eigenvalue weighted by molar-refractivity contribution is 9.10. The molecule has 0 radical (unpaired) electrons. The van der Waals surface area contributed by atoms with Gasteiger partial charge >= 0.3 is 0 Å². The Morgan fingerprint density at radius 2 is 2.18 bits per heavy atom. The van der Waals surface area contributed by atoms with Crippen LogP contribution in [0.15, 0.2) is 21.4 Å². The van der Waals surface area contributed by atoms with E-state index in [1.165, 1.54) is 0 Å². The summed E-state index contributed by atoms with van der Waals surface area (Å²) in [7, 11) is 3.85. The van der Waals surface area contributed by atoms with E-state index >= 15 is 0 Å². The minimum atomic E-state index is -1.24. The summed E-state index contributed by atoms with van der Waals surface area (Å²) in [4.78, 5) is 14.1. The van der Waals surface area contributed by atoms with Gasteiger partial charge in [0.15, 0.2) is 0 Å². The average Bonchev–Trinajstić information content (AvgIpc) is 3.17. The molecular weight excluding hydrogens is 353 g/mol. The van der Waals surface area contributed by atoms with Crippen molar-refractivity contribution in [3.63, 3.8) is 0 Å². The summed E-state index contributed by atoms with van der Waals surface area (Å²) in [6.07, 6.45) is 1.03. The van der Waals surface area contributed by atoms with Gasteiger partial charge in [0.25, 0.3) is 5.56 Å². The fourth-order valence-corrected chi connectivity index (χ4v) is 2.74. The molecule has 1 aliphatic rings. The van der Waals surface area contributed by atoms with Crippen LogP contribution in [0.3, 0.4) is 0 Å². The first-order chi connectivity index (χ1) is 10.4. The van der Waals surface area contributed by atoms with Gasteiger partial charge in [0.05, 0.1) is 11.1 Å². The van der Waals surface area contributed by atoms with E-state index in [9.17, 15) is 9.18 Å². The van der Waals surface area contributed by atoms with E-state index in [1.807, 2.05) is 25.1 Å². The zero-order valence-electron chi connectivity index (χ0n) is 12.4. The number of hydrogen-bond acceptors (Lipinski definition) is 4. The lowest BCUT2D eigenvalue weighted by molar-refractivity contribution is 0.179. The van der Waals surface area contributed by atoms with Crippen molar-refractivity contribution in [2.45, 2.75) is 25.1 Å². The fraction of sp³-hybridized carbons (Fsp3) is 0.467. The van der Waals surface area contributed by atoms with Crippen molar-refractivity contribution in [1.82, 2.24) is 15.1 Å². The maximum Gasteiger partial charge on any atom is 0.275 e. The Balaban J connectivity index is 2.08. The SMILES string of the molecule is CN(C)Cc1n[nH]c(=O)c2c(OCC3(F)CC3)cc(Br)cc12. The predicted octanol–water partition coefficient (Wildman–Crippen LogP) is 2.63. The van der Waals surface area contributed by atoms with Gasteiger partial charge in [-0.2, -0.15) is 5.10 Å². The second kappa shape index (κ2) is 5.62. The Kier molecular flexibility index (Phi) is 3.94. The van der Waals surface area contributed by atoms with Crippen LogP contribution < -0.4 is 10.3 Å². The highest BCUT2D eigenvalue weighted by Gasteiger charge is 2.44. The molecule has 1 heterocycles. The molecule has 0 unspecified atom stereocenters. The molecule has 0 aliphatic heterocycles. The molecule has 0 saturated heterocycles. The first kappa shape index (κ1) is 15.4. The molecule has 0 spiro atoms. The highest BCUT2D eigenvalue weighted by Crippen LogP contribution is 2.40. The van der Waals surface area contributed by atoms with E-state index in [0.29, 0.717) is 35.9 Å².